The molecule has 0 bridgehead atoms. The van der Waals surface area contributed by atoms with E-state index in [1.54, 1.807) is 0 Å². The molecule has 0 aliphatic carbocycles. The van der Waals surface area contributed by atoms with Crippen LogP contribution in [0.4, 0.5) is 0 Å². The molecule has 1 N–H and O–H groups in total. The van der Waals surface area contributed by atoms with Crippen molar-refractivity contribution in [2.75, 3.05) is 19.7 Å². The van der Waals surface area contributed by atoms with Crippen molar-refractivity contribution >= 4 is 26.7 Å². The minimum Gasteiger partial charge on any atom is -0.494 e. The maximum Gasteiger partial charge on any atom is 0.119 e. The van der Waals surface area contributed by atoms with Crippen LogP contribution in [0.15, 0.2) is 40.9 Å². The van der Waals surface area contributed by atoms with Crippen molar-refractivity contribution in [3.63, 3.8) is 0 Å². The van der Waals surface area contributed by atoms with E-state index in [0.29, 0.717) is 0 Å². The van der Waals surface area contributed by atoms with Crippen molar-refractivity contribution in [3.05, 3.63) is 40.9 Å². The lowest BCUT2D eigenvalue weighted by Gasteiger charge is -2.08. The Labute approximate surface area is 129 Å². The Morgan fingerprint density at radius 3 is 2.65 bits per heavy atom. The van der Waals surface area contributed by atoms with Gasteiger partial charge < -0.3 is 10.1 Å². The molecule has 0 atom stereocenters. The van der Waals surface area contributed by atoms with E-state index in [0.717, 1.165) is 36.3 Å². The molecule has 3 heteroatoms. The van der Waals surface area contributed by atoms with Gasteiger partial charge in [0.15, 0.2) is 0 Å². The molecule has 0 heterocycles. The summed E-state index contributed by atoms with van der Waals surface area (Å²) in [6, 6.07) is 12.6. The number of unbranched alkanes of at least 4 members (excludes halogenated alkanes) is 1. The standard InChI is InChI=1S/C17H22BrNO/c1-2-9-19-10-3-4-11-20-17-8-6-14-12-16(18)7-5-15(14)13-17/h5-8,12-13,19H,2-4,9-11H2,1H3. The number of hydrogen-bond donors (Lipinski definition) is 1. The van der Waals surface area contributed by atoms with E-state index in [1.807, 2.05) is 6.07 Å². The van der Waals surface area contributed by atoms with Crippen molar-refractivity contribution in [3.8, 4) is 5.75 Å². The summed E-state index contributed by atoms with van der Waals surface area (Å²) in [6.45, 7) is 5.17. The lowest BCUT2D eigenvalue weighted by molar-refractivity contribution is 0.306. The molecule has 2 nitrogen and oxygen atoms in total. The predicted octanol–water partition coefficient (Wildman–Crippen LogP) is 4.76. The summed E-state index contributed by atoms with van der Waals surface area (Å²) >= 11 is 3.49. The normalized spacial score (nSPS) is 10.9. The predicted molar refractivity (Wildman–Crippen MR) is 89.5 cm³/mol. The lowest BCUT2D eigenvalue weighted by atomic mass is 10.1. The molecule has 0 radical (unpaired) electrons. The number of benzene rings is 2. The van der Waals surface area contributed by atoms with Crippen LogP contribution >= 0.6 is 15.9 Å². The first-order valence-electron chi connectivity index (χ1n) is 7.32. The van der Waals surface area contributed by atoms with Crippen molar-refractivity contribution in [2.24, 2.45) is 0 Å². The molecule has 2 rings (SSSR count). The van der Waals surface area contributed by atoms with Crippen molar-refractivity contribution in [1.29, 1.82) is 0 Å². The van der Waals surface area contributed by atoms with Crippen LogP contribution in [0.25, 0.3) is 10.8 Å². The van der Waals surface area contributed by atoms with E-state index in [2.05, 4.69) is 58.5 Å². The Balaban J connectivity index is 1.77. The van der Waals surface area contributed by atoms with Gasteiger partial charge in [-0.3, -0.25) is 0 Å². The third-order valence-corrected chi connectivity index (χ3v) is 3.71. The highest BCUT2D eigenvalue weighted by Gasteiger charge is 1.98. The zero-order valence-corrected chi connectivity index (χ0v) is 13.6. The van der Waals surface area contributed by atoms with Crippen LogP contribution in [0.2, 0.25) is 0 Å². The summed E-state index contributed by atoms with van der Waals surface area (Å²) in [6.07, 6.45) is 3.46. The van der Waals surface area contributed by atoms with Gasteiger partial charge in [0.05, 0.1) is 6.61 Å². The fraction of sp³-hybridized carbons (Fsp3) is 0.412. The third-order valence-electron chi connectivity index (χ3n) is 3.22. The van der Waals surface area contributed by atoms with Crippen LogP contribution in [-0.2, 0) is 0 Å². The topological polar surface area (TPSA) is 21.3 Å². The summed E-state index contributed by atoms with van der Waals surface area (Å²) in [5, 5.41) is 5.85. The Bertz CT molecular complexity index is 542. The van der Waals surface area contributed by atoms with Crippen molar-refractivity contribution in [2.45, 2.75) is 26.2 Å². The number of rotatable bonds is 8. The quantitative estimate of drug-likeness (QED) is 0.702. The fourth-order valence-corrected chi connectivity index (χ4v) is 2.51. The molecule has 0 spiro atoms. The van der Waals surface area contributed by atoms with Crippen LogP contribution < -0.4 is 10.1 Å². The SMILES string of the molecule is CCCNCCCCOc1ccc2cc(Br)ccc2c1. The van der Waals surface area contributed by atoms with Crippen LogP contribution in [0.1, 0.15) is 26.2 Å². The number of halogens is 1. The molecule has 0 fully saturated rings. The molecule has 2 aromatic carbocycles. The van der Waals surface area contributed by atoms with Crippen LogP contribution in [0, 0.1) is 0 Å². The molecule has 2 aromatic rings. The number of ether oxygens (including phenoxy) is 1. The summed E-state index contributed by atoms with van der Waals surface area (Å²) in [4.78, 5) is 0. The van der Waals surface area contributed by atoms with Gasteiger partial charge in [-0.25, -0.2) is 0 Å². The molecule has 108 valence electrons. The molecule has 0 unspecified atom stereocenters. The van der Waals surface area contributed by atoms with Gasteiger partial charge in [-0.1, -0.05) is 35.0 Å². The monoisotopic (exact) mass is 335 g/mol. The number of hydrogen-bond acceptors (Lipinski definition) is 2. The highest BCUT2D eigenvalue weighted by molar-refractivity contribution is 9.10. The molecular formula is C17H22BrNO. The molecule has 0 aromatic heterocycles. The van der Waals surface area contributed by atoms with E-state index in [4.69, 9.17) is 4.74 Å². The van der Waals surface area contributed by atoms with Crippen LogP contribution in [0.5, 0.6) is 5.75 Å². The molecule has 0 amide bonds. The Kier molecular flexibility index (Phi) is 6.34. The summed E-state index contributed by atoms with van der Waals surface area (Å²) < 4.78 is 6.92. The van der Waals surface area contributed by atoms with Crippen molar-refractivity contribution < 1.29 is 4.74 Å². The Hall–Kier alpha value is -1.06. The second-order valence-corrected chi connectivity index (χ2v) is 5.87. The van der Waals surface area contributed by atoms with E-state index < -0.39 is 0 Å². The van der Waals surface area contributed by atoms with Gasteiger partial charge in [-0.05, 0) is 67.4 Å². The molecule has 0 saturated heterocycles. The van der Waals surface area contributed by atoms with Gasteiger partial charge in [-0.15, -0.1) is 0 Å². The average Bonchev–Trinajstić information content (AvgIpc) is 2.46. The Morgan fingerprint density at radius 2 is 1.80 bits per heavy atom. The summed E-state index contributed by atoms with van der Waals surface area (Å²) in [7, 11) is 0. The maximum absolute atomic E-state index is 5.81. The maximum atomic E-state index is 5.81. The minimum absolute atomic E-state index is 0.788. The summed E-state index contributed by atoms with van der Waals surface area (Å²) in [5.74, 6) is 0.960. The fourth-order valence-electron chi connectivity index (χ4n) is 2.13. The minimum atomic E-state index is 0.788. The molecular weight excluding hydrogens is 314 g/mol. The first-order valence-corrected chi connectivity index (χ1v) is 8.12. The first kappa shape index (κ1) is 15.3. The van der Waals surface area contributed by atoms with Gasteiger partial charge in [-0.2, -0.15) is 0 Å². The first-order chi connectivity index (χ1) is 9.79. The highest BCUT2D eigenvalue weighted by Crippen LogP contribution is 2.24. The summed E-state index contributed by atoms with van der Waals surface area (Å²) in [5.41, 5.74) is 0. The van der Waals surface area contributed by atoms with Gasteiger partial charge in [0.1, 0.15) is 5.75 Å². The number of fused-ring (bicyclic) bond motifs is 1. The molecule has 0 aliphatic heterocycles. The molecule has 0 aliphatic rings. The van der Waals surface area contributed by atoms with Gasteiger partial charge in [0.2, 0.25) is 0 Å². The zero-order valence-electron chi connectivity index (χ0n) is 12.0. The average molecular weight is 336 g/mol. The van der Waals surface area contributed by atoms with E-state index >= 15 is 0 Å². The Morgan fingerprint density at radius 1 is 1.00 bits per heavy atom. The van der Waals surface area contributed by atoms with E-state index in [9.17, 15) is 0 Å². The van der Waals surface area contributed by atoms with E-state index in [-0.39, 0.29) is 0 Å². The van der Waals surface area contributed by atoms with Gasteiger partial charge in [0, 0.05) is 4.47 Å². The van der Waals surface area contributed by atoms with E-state index in [1.165, 1.54) is 23.6 Å². The van der Waals surface area contributed by atoms with Crippen LogP contribution in [-0.4, -0.2) is 19.7 Å². The second-order valence-electron chi connectivity index (χ2n) is 4.96. The van der Waals surface area contributed by atoms with Crippen LogP contribution in [0.3, 0.4) is 0 Å². The molecule has 0 saturated carbocycles. The third kappa shape index (κ3) is 4.80. The lowest BCUT2D eigenvalue weighted by Crippen LogP contribution is -2.16. The largest absolute Gasteiger partial charge is 0.494 e. The zero-order chi connectivity index (χ0) is 14.2. The second kappa shape index (κ2) is 8.28. The smallest absolute Gasteiger partial charge is 0.119 e. The van der Waals surface area contributed by atoms with Gasteiger partial charge >= 0.3 is 0 Å². The van der Waals surface area contributed by atoms with Gasteiger partial charge in [0.25, 0.3) is 0 Å². The van der Waals surface area contributed by atoms with Crippen molar-refractivity contribution in [1.82, 2.24) is 5.32 Å². The molecule has 20 heavy (non-hydrogen) atoms. The highest BCUT2D eigenvalue weighted by atomic mass is 79.9. The number of nitrogens with one attached hydrogen (secondary N) is 1.